The molecule has 190 valence electrons. The highest BCUT2D eigenvalue weighted by Gasteiger charge is 2.41. The van der Waals surface area contributed by atoms with Gasteiger partial charge in [0.2, 0.25) is 0 Å². The van der Waals surface area contributed by atoms with Crippen molar-refractivity contribution < 1.29 is 9.90 Å². The number of likely N-dealkylation sites (tertiary alicyclic amines) is 2. The fourth-order valence-corrected chi connectivity index (χ4v) is 7.41. The molecule has 2 saturated heterocycles. The van der Waals surface area contributed by atoms with Gasteiger partial charge in [-0.25, -0.2) is 0 Å². The van der Waals surface area contributed by atoms with Crippen LogP contribution in [-0.4, -0.2) is 59.6 Å². The number of hydrogen-bond donors (Lipinski definition) is 1. The molecule has 2 aromatic rings. The van der Waals surface area contributed by atoms with E-state index < -0.39 is 5.97 Å². The molecule has 1 aromatic heterocycles. The zero-order chi connectivity index (χ0) is 24.0. The van der Waals surface area contributed by atoms with Crippen LogP contribution in [0.5, 0.6) is 0 Å². The first-order valence-corrected chi connectivity index (χ1v) is 14.8. The van der Waals surface area contributed by atoms with E-state index in [-0.39, 0.29) is 6.04 Å². The second-order valence-electron chi connectivity index (χ2n) is 11.4. The Labute approximate surface area is 215 Å². The van der Waals surface area contributed by atoms with Gasteiger partial charge in [-0.3, -0.25) is 9.69 Å². The predicted molar refractivity (Wildman–Crippen MR) is 144 cm³/mol. The Morgan fingerprint density at radius 1 is 1.03 bits per heavy atom. The van der Waals surface area contributed by atoms with Crippen molar-refractivity contribution in [3.05, 3.63) is 58.3 Å². The SMILES string of the molecule is O=C(O)[C@@H](CC1CCC1)N1C[C@H](CN2CCC(CCCc3ccccc3)CC2)[C@@H](c2ccsc2)C1. The minimum absolute atomic E-state index is 0.304. The Morgan fingerprint density at radius 2 is 1.83 bits per heavy atom. The minimum Gasteiger partial charge on any atom is -0.480 e. The molecule has 3 heterocycles. The van der Waals surface area contributed by atoms with Crippen LogP contribution in [0.1, 0.15) is 68.4 Å². The van der Waals surface area contributed by atoms with Crippen LogP contribution in [0.3, 0.4) is 0 Å². The maximum Gasteiger partial charge on any atom is 0.320 e. The predicted octanol–water partition coefficient (Wildman–Crippen LogP) is 6.14. The molecule has 0 radical (unpaired) electrons. The van der Waals surface area contributed by atoms with Gasteiger partial charge < -0.3 is 10.0 Å². The van der Waals surface area contributed by atoms with Gasteiger partial charge >= 0.3 is 5.97 Å². The van der Waals surface area contributed by atoms with Gasteiger partial charge in [-0.1, -0.05) is 56.0 Å². The summed E-state index contributed by atoms with van der Waals surface area (Å²) in [6.07, 6.45) is 11.0. The molecular weight excluding hydrogens is 452 g/mol. The number of thiophene rings is 1. The number of rotatable bonds is 11. The van der Waals surface area contributed by atoms with E-state index in [1.165, 1.54) is 75.6 Å². The van der Waals surface area contributed by atoms with Gasteiger partial charge in [-0.15, -0.1) is 0 Å². The van der Waals surface area contributed by atoms with E-state index in [0.29, 0.717) is 17.8 Å². The number of carboxylic acids is 1. The molecule has 3 fully saturated rings. The fourth-order valence-electron chi connectivity index (χ4n) is 6.69. The fraction of sp³-hybridized carbons (Fsp3) is 0.633. The molecule has 0 amide bonds. The molecule has 0 unspecified atom stereocenters. The van der Waals surface area contributed by atoms with Gasteiger partial charge in [0.05, 0.1) is 0 Å². The molecule has 2 aliphatic heterocycles. The highest BCUT2D eigenvalue weighted by Crippen LogP contribution is 2.39. The zero-order valence-electron chi connectivity index (χ0n) is 21.1. The third-order valence-corrected chi connectivity index (χ3v) is 9.77. The average Bonchev–Trinajstić information content (AvgIpc) is 3.50. The van der Waals surface area contributed by atoms with Crippen molar-refractivity contribution in [3.63, 3.8) is 0 Å². The van der Waals surface area contributed by atoms with Crippen molar-refractivity contribution >= 4 is 17.3 Å². The number of benzene rings is 1. The first-order chi connectivity index (χ1) is 17.2. The highest BCUT2D eigenvalue weighted by molar-refractivity contribution is 7.08. The quantitative estimate of drug-likeness (QED) is 0.407. The molecule has 5 heteroatoms. The van der Waals surface area contributed by atoms with Gasteiger partial charge in [-0.2, -0.15) is 11.3 Å². The van der Waals surface area contributed by atoms with Gasteiger partial charge in [0.1, 0.15) is 6.04 Å². The summed E-state index contributed by atoms with van der Waals surface area (Å²) in [4.78, 5) is 17.2. The molecule has 0 bridgehead atoms. The number of hydrogen-bond acceptors (Lipinski definition) is 4. The van der Waals surface area contributed by atoms with E-state index in [2.05, 4.69) is 57.0 Å². The number of carbonyl (C=O) groups is 1. The summed E-state index contributed by atoms with van der Waals surface area (Å²) in [5.74, 6) is 1.87. The summed E-state index contributed by atoms with van der Waals surface area (Å²) in [5.41, 5.74) is 2.89. The van der Waals surface area contributed by atoms with E-state index >= 15 is 0 Å². The molecule has 0 spiro atoms. The lowest BCUT2D eigenvalue weighted by molar-refractivity contribution is -0.144. The van der Waals surface area contributed by atoms with Crippen LogP contribution in [0.4, 0.5) is 0 Å². The molecule has 35 heavy (non-hydrogen) atoms. The maximum atomic E-state index is 12.2. The van der Waals surface area contributed by atoms with Crippen LogP contribution in [0.15, 0.2) is 47.2 Å². The first kappa shape index (κ1) is 25.0. The summed E-state index contributed by atoms with van der Waals surface area (Å²) >= 11 is 1.77. The standard InChI is InChI=1S/C30H42N2O2S/c33-30(34)29(18-25-10-5-11-25)32-20-27(28(21-32)26-14-17-35-22-26)19-31-15-12-24(13-16-31)9-4-8-23-6-2-1-3-7-23/h1-3,6-7,14,17,22,24-25,27-29H,4-5,8-13,15-16,18-21H2,(H,33,34)/t27-,28+,29+/m0/s1. The van der Waals surface area contributed by atoms with E-state index in [1.54, 1.807) is 11.3 Å². The molecule has 4 nitrogen and oxygen atoms in total. The molecule has 3 atom stereocenters. The van der Waals surface area contributed by atoms with Crippen molar-refractivity contribution in [2.75, 3.05) is 32.7 Å². The van der Waals surface area contributed by atoms with Crippen molar-refractivity contribution in [1.29, 1.82) is 0 Å². The number of aryl methyl sites for hydroxylation is 1. The molecule has 1 aliphatic carbocycles. The van der Waals surface area contributed by atoms with Crippen LogP contribution >= 0.6 is 11.3 Å². The summed E-state index contributed by atoms with van der Waals surface area (Å²) in [6, 6.07) is 12.9. The molecule has 5 rings (SSSR count). The molecular formula is C30H42N2O2S. The molecule has 1 saturated carbocycles. The van der Waals surface area contributed by atoms with Crippen molar-refractivity contribution in [2.45, 2.75) is 69.7 Å². The second kappa shape index (κ2) is 12.0. The first-order valence-electron chi connectivity index (χ1n) is 13.9. The average molecular weight is 495 g/mol. The summed E-state index contributed by atoms with van der Waals surface area (Å²) in [5, 5.41) is 14.5. The molecule has 1 aromatic carbocycles. The van der Waals surface area contributed by atoms with Crippen LogP contribution in [0.2, 0.25) is 0 Å². The van der Waals surface area contributed by atoms with Crippen LogP contribution in [0.25, 0.3) is 0 Å². The van der Waals surface area contributed by atoms with E-state index in [9.17, 15) is 9.90 Å². The number of nitrogens with zero attached hydrogens (tertiary/aromatic N) is 2. The largest absolute Gasteiger partial charge is 0.480 e. The Morgan fingerprint density at radius 3 is 2.49 bits per heavy atom. The normalized spacial score (nSPS) is 25.5. The summed E-state index contributed by atoms with van der Waals surface area (Å²) in [7, 11) is 0. The molecule has 3 aliphatic rings. The Balaban J connectivity index is 1.13. The lowest BCUT2D eigenvalue weighted by Crippen LogP contribution is -2.43. The number of carboxylic acid groups (broad SMARTS) is 1. The van der Waals surface area contributed by atoms with Gasteiger partial charge in [0.25, 0.3) is 0 Å². The van der Waals surface area contributed by atoms with E-state index in [0.717, 1.165) is 32.0 Å². The lowest BCUT2D eigenvalue weighted by Gasteiger charge is -2.35. The smallest absolute Gasteiger partial charge is 0.320 e. The van der Waals surface area contributed by atoms with Gasteiger partial charge in [0, 0.05) is 25.6 Å². The van der Waals surface area contributed by atoms with Crippen molar-refractivity contribution in [3.8, 4) is 0 Å². The van der Waals surface area contributed by atoms with Crippen LogP contribution in [0, 0.1) is 17.8 Å². The topological polar surface area (TPSA) is 43.8 Å². The highest BCUT2D eigenvalue weighted by atomic mass is 32.1. The summed E-state index contributed by atoms with van der Waals surface area (Å²) in [6.45, 7) is 5.35. The third kappa shape index (κ3) is 6.55. The van der Waals surface area contributed by atoms with Crippen molar-refractivity contribution in [2.24, 2.45) is 17.8 Å². The summed E-state index contributed by atoms with van der Waals surface area (Å²) < 4.78 is 0. The third-order valence-electron chi connectivity index (χ3n) is 9.07. The lowest BCUT2D eigenvalue weighted by atomic mass is 9.80. The Bertz CT molecular complexity index is 906. The minimum atomic E-state index is -0.613. The van der Waals surface area contributed by atoms with Gasteiger partial charge in [0.15, 0.2) is 0 Å². The van der Waals surface area contributed by atoms with E-state index in [1.807, 2.05) is 0 Å². The van der Waals surface area contributed by atoms with E-state index in [4.69, 9.17) is 0 Å². The molecule has 1 N–H and O–H groups in total. The maximum absolute atomic E-state index is 12.2. The number of aliphatic carboxylic acids is 1. The van der Waals surface area contributed by atoms with Crippen molar-refractivity contribution in [1.82, 2.24) is 9.80 Å². The Hall–Kier alpha value is -1.69. The zero-order valence-corrected chi connectivity index (χ0v) is 21.9. The second-order valence-corrected chi connectivity index (χ2v) is 12.2. The number of piperidine rings is 1. The van der Waals surface area contributed by atoms with Gasteiger partial charge in [-0.05, 0) is 90.9 Å². The Kier molecular flexibility index (Phi) is 8.59. The van der Waals surface area contributed by atoms with Crippen LogP contribution < -0.4 is 0 Å². The van der Waals surface area contributed by atoms with Crippen LogP contribution in [-0.2, 0) is 11.2 Å². The monoisotopic (exact) mass is 494 g/mol.